The van der Waals surface area contributed by atoms with E-state index >= 15 is 0 Å². The third kappa shape index (κ3) is 4.18. The van der Waals surface area contributed by atoms with Crippen LogP contribution in [0, 0.1) is 12.8 Å². The van der Waals surface area contributed by atoms with Crippen LogP contribution in [0.1, 0.15) is 43.8 Å². The molecule has 0 N–H and O–H groups in total. The summed E-state index contributed by atoms with van der Waals surface area (Å²) in [5, 5.41) is 9.16. The van der Waals surface area contributed by atoms with Gasteiger partial charge in [0.05, 0.1) is 23.0 Å². The van der Waals surface area contributed by atoms with Crippen LogP contribution in [0.3, 0.4) is 0 Å². The van der Waals surface area contributed by atoms with Crippen molar-refractivity contribution in [1.82, 2.24) is 14.6 Å². The maximum absolute atomic E-state index is 14.2. The fraction of sp³-hybridized carbons (Fsp3) is 0.207. The minimum absolute atomic E-state index is 0.146. The second-order valence-corrected chi connectivity index (χ2v) is 10.6. The van der Waals surface area contributed by atoms with Gasteiger partial charge in [-0.25, -0.2) is 9.98 Å². The number of fused-ring (bicyclic) bond motifs is 2. The van der Waals surface area contributed by atoms with E-state index in [-0.39, 0.29) is 23.1 Å². The van der Waals surface area contributed by atoms with Crippen LogP contribution < -0.4 is 15.6 Å². The summed E-state index contributed by atoms with van der Waals surface area (Å²) in [6, 6.07) is 17.8. The number of hydrogen-bond acceptors (Lipinski definition) is 9. The Morgan fingerprint density at radius 2 is 1.56 bits per heavy atom. The van der Waals surface area contributed by atoms with E-state index in [2.05, 4.69) is 10.1 Å². The number of para-hydroxylation sites is 1. The minimum atomic E-state index is -0.737. The van der Waals surface area contributed by atoms with E-state index in [1.165, 1.54) is 30.6 Å². The first-order valence-corrected chi connectivity index (χ1v) is 13.8. The van der Waals surface area contributed by atoms with Crippen molar-refractivity contribution >= 4 is 51.9 Å². The number of rotatable bonds is 4. The molecule has 0 fully saturated rings. The van der Waals surface area contributed by atoms with Gasteiger partial charge < -0.3 is 4.90 Å². The molecule has 2 atom stereocenters. The van der Waals surface area contributed by atoms with Gasteiger partial charge in [-0.1, -0.05) is 60.3 Å². The van der Waals surface area contributed by atoms with Crippen molar-refractivity contribution in [3.05, 3.63) is 99.1 Å². The zero-order valence-corrected chi connectivity index (χ0v) is 23.5. The van der Waals surface area contributed by atoms with Crippen LogP contribution in [0.15, 0.2) is 86.7 Å². The lowest BCUT2D eigenvalue weighted by Crippen LogP contribution is -2.52. The molecular weight excluding hydrogens is 542 g/mol. The maximum Gasteiger partial charge on any atom is 0.280 e. The van der Waals surface area contributed by atoms with E-state index in [9.17, 15) is 19.2 Å². The van der Waals surface area contributed by atoms with Crippen LogP contribution in [0.5, 0.6) is 0 Å². The van der Waals surface area contributed by atoms with Gasteiger partial charge in [-0.15, -0.1) is 0 Å². The van der Waals surface area contributed by atoms with Gasteiger partial charge in [0.1, 0.15) is 11.7 Å². The summed E-state index contributed by atoms with van der Waals surface area (Å²) in [6.07, 6.45) is 0. The van der Waals surface area contributed by atoms with Gasteiger partial charge in [0, 0.05) is 19.5 Å². The Kier molecular flexibility index (Phi) is 6.41. The number of carbonyl (C=O) groups is 3. The quantitative estimate of drug-likeness (QED) is 0.472. The van der Waals surface area contributed by atoms with E-state index in [0.29, 0.717) is 22.3 Å². The molecule has 0 saturated carbocycles. The van der Waals surface area contributed by atoms with Gasteiger partial charge in [-0.3, -0.25) is 19.2 Å². The summed E-state index contributed by atoms with van der Waals surface area (Å²) in [5.41, 5.74) is 2.22. The number of amides is 3. The van der Waals surface area contributed by atoms with Gasteiger partial charge in [0.2, 0.25) is 11.8 Å². The van der Waals surface area contributed by atoms with E-state index in [1.54, 1.807) is 13.8 Å². The smallest absolute Gasteiger partial charge is 0.280 e. The highest BCUT2D eigenvalue weighted by molar-refractivity contribution is 8.16. The lowest BCUT2D eigenvalue weighted by Gasteiger charge is -2.37. The lowest BCUT2D eigenvalue weighted by atomic mass is 9.93. The number of imide groups is 1. The van der Waals surface area contributed by atoms with Gasteiger partial charge in [-0.2, -0.15) is 19.8 Å². The molecule has 4 heterocycles. The molecule has 12 heteroatoms. The Morgan fingerprint density at radius 1 is 0.927 bits per heavy atom. The fourth-order valence-corrected chi connectivity index (χ4v) is 6.34. The Bertz CT molecular complexity index is 1750. The van der Waals surface area contributed by atoms with Crippen molar-refractivity contribution < 1.29 is 14.4 Å². The average molecular weight is 568 g/mol. The molecular formula is C29H25N7O4S. The number of carbonyl (C=O) groups excluding carboxylic acids is 3. The Labute approximate surface area is 239 Å². The number of anilines is 1. The first-order chi connectivity index (χ1) is 19.7. The standard InChI is InChI=1S/C29H25N7O4S/c1-16-23(27(39)34(32-16)21-13-9-6-10-14-21)22-15-41-29-31-26-24(25(33(22)29)20-11-7-5-8-12-20)28(40)35(17(2)30-26)36(18(3)37)19(4)38/h5-15,23,25H,1-4H3. The van der Waals surface area contributed by atoms with E-state index in [0.717, 1.165) is 15.2 Å². The maximum atomic E-state index is 14.2. The summed E-state index contributed by atoms with van der Waals surface area (Å²) < 4.78 is 0.997. The molecule has 1 aromatic heterocycles. The number of aliphatic imine (C=N–C) groups is 1. The van der Waals surface area contributed by atoms with E-state index in [4.69, 9.17) is 4.99 Å². The van der Waals surface area contributed by atoms with Crippen molar-refractivity contribution in [2.75, 3.05) is 10.0 Å². The second-order valence-electron chi connectivity index (χ2n) is 9.76. The fourth-order valence-electron chi connectivity index (χ4n) is 5.40. The molecule has 2 unspecified atom stereocenters. The molecule has 0 aliphatic carbocycles. The van der Waals surface area contributed by atoms with Crippen LogP contribution >= 0.6 is 11.8 Å². The molecule has 6 rings (SSSR count). The largest absolute Gasteiger partial charge is 0.311 e. The van der Waals surface area contributed by atoms with Crippen LogP contribution in [0.4, 0.5) is 11.5 Å². The third-order valence-corrected chi connectivity index (χ3v) is 7.94. The lowest BCUT2D eigenvalue weighted by molar-refractivity contribution is -0.127. The molecule has 0 bridgehead atoms. The molecule has 3 aliphatic heterocycles. The number of thioether (sulfide) groups is 1. The zero-order chi connectivity index (χ0) is 29.0. The predicted octanol–water partition coefficient (Wildman–Crippen LogP) is 3.60. The van der Waals surface area contributed by atoms with E-state index < -0.39 is 29.3 Å². The number of hydrazone groups is 1. The first kappa shape index (κ1) is 26.4. The van der Waals surface area contributed by atoms with Crippen molar-refractivity contribution in [2.24, 2.45) is 16.0 Å². The number of benzene rings is 2. The molecule has 3 aromatic rings. The van der Waals surface area contributed by atoms with Gasteiger partial charge in [0.25, 0.3) is 11.5 Å². The van der Waals surface area contributed by atoms with Gasteiger partial charge in [-0.05, 0) is 37.0 Å². The molecule has 0 saturated heterocycles. The van der Waals surface area contributed by atoms with Crippen molar-refractivity contribution in [2.45, 2.75) is 33.7 Å². The molecule has 3 amide bonds. The molecule has 2 aromatic carbocycles. The van der Waals surface area contributed by atoms with Crippen molar-refractivity contribution in [1.29, 1.82) is 0 Å². The van der Waals surface area contributed by atoms with Crippen molar-refractivity contribution in [3.63, 3.8) is 0 Å². The first-order valence-electron chi connectivity index (χ1n) is 12.9. The Hall–Kier alpha value is -4.84. The highest BCUT2D eigenvalue weighted by atomic mass is 32.2. The zero-order valence-electron chi connectivity index (χ0n) is 22.7. The monoisotopic (exact) mass is 567 g/mol. The SMILES string of the molecule is CC(=O)N(C(C)=O)n1c(C)nc2c(c1=O)C(c1ccccc1)N1C(C3C(=O)N(c4ccccc4)N=C3C)=CSC1=N2. The molecule has 3 aliphatic rings. The summed E-state index contributed by atoms with van der Waals surface area (Å²) in [5.74, 6) is -1.84. The number of amidine groups is 1. The summed E-state index contributed by atoms with van der Waals surface area (Å²) >= 11 is 1.34. The number of aryl methyl sites for hydroxylation is 1. The molecule has 206 valence electrons. The summed E-state index contributed by atoms with van der Waals surface area (Å²) in [4.78, 5) is 64.1. The van der Waals surface area contributed by atoms with Gasteiger partial charge in [0.15, 0.2) is 11.0 Å². The van der Waals surface area contributed by atoms with Gasteiger partial charge >= 0.3 is 0 Å². The second kappa shape index (κ2) is 9.97. The molecule has 0 radical (unpaired) electrons. The molecule has 11 nitrogen and oxygen atoms in total. The van der Waals surface area contributed by atoms with Crippen LogP contribution in [0.25, 0.3) is 0 Å². The highest BCUT2D eigenvalue weighted by Crippen LogP contribution is 2.47. The topological polar surface area (TPSA) is 121 Å². The Morgan fingerprint density at radius 3 is 2.20 bits per heavy atom. The number of hydrogen-bond donors (Lipinski definition) is 0. The minimum Gasteiger partial charge on any atom is -0.311 e. The average Bonchev–Trinajstić information content (AvgIpc) is 3.49. The number of aromatic nitrogens is 2. The molecule has 41 heavy (non-hydrogen) atoms. The number of nitrogens with zero attached hydrogens (tertiary/aromatic N) is 7. The predicted molar refractivity (Wildman–Crippen MR) is 156 cm³/mol. The molecule has 0 spiro atoms. The normalized spacial score (nSPS) is 19.3. The summed E-state index contributed by atoms with van der Waals surface area (Å²) in [7, 11) is 0. The van der Waals surface area contributed by atoms with Crippen LogP contribution in [-0.4, -0.2) is 43.2 Å². The van der Waals surface area contributed by atoms with Crippen LogP contribution in [0.2, 0.25) is 0 Å². The van der Waals surface area contributed by atoms with E-state index in [1.807, 2.05) is 71.0 Å². The highest BCUT2D eigenvalue weighted by Gasteiger charge is 2.47. The van der Waals surface area contributed by atoms with Crippen molar-refractivity contribution in [3.8, 4) is 0 Å². The van der Waals surface area contributed by atoms with Crippen LogP contribution in [-0.2, 0) is 14.4 Å². The third-order valence-electron chi connectivity index (χ3n) is 7.08. The summed E-state index contributed by atoms with van der Waals surface area (Å²) in [6.45, 7) is 5.77. The Balaban J connectivity index is 1.52.